The van der Waals surface area contributed by atoms with Gasteiger partial charge in [0.1, 0.15) is 5.75 Å². The molecule has 0 unspecified atom stereocenters. The van der Waals surface area contributed by atoms with Crippen LogP contribution in [0.25, 0.3) is 10.9 Å². The number of hydrogen-bond acceptors (Lipinski definition) is 3. The molecule has 0 aliphatic heterocycles. The molecule has 2 amide bonds. The van der Waals surface area contributed by atoms with Gasteiger partial charge in [0.2, 0.25) is 0 Å². The molecule has 4 rings (SSSR count). The number of benzene rings is 2. The maximum atomic E-state index is 12.6. The highest BCUT2D eigenvalue weighted by Crippen LogP contribution is 2.31. The van der Waals surface area contributed by atoms with Crippen LogP contribution in [0.1, 0.15) is 17.0 Å². The predicted molar refractivity (Wildman–Crippen MR) is 119 cm³/mol. The van der Waals surface area contributed by atoms with Gasteiger partial charge in [0.15, 0.2) is 0 Å². The van der Waals surface area contributed by atoms with Crippen molar-refractivity contribution in [3.05, 3.63) is 90.4 Å². The highest BCUT2D eigenvalue weighted by atomic mass is 16.5. The number of ether oxygens (including phenoxy) is 1. The number of pyridine rings is 1. The van der Waals surface area contributed by atoms with Crippen molar-refractivity contribution in [2.45, 2.75) is 5.92 Å². The molecule has 0 spiro atoms. The maximum Gasteiger partial charge on any atom is 0.319 e. The SMILES string of the molecule is COc1ccccc1NC(=O)NC[C@@H](c1cccnc1)c1cn(C)c2ccccc12. The average molecular weight is 400 g/mol. The van der Waals surface area contributed by atoms with E-state index in [9.17, 15) is 4.79 Å². The van der Waals surface area contributed by atoms with Crippen LogP contribution in [0.15, 0.2) is 79.3 Å². The number of rotatable bonds is 6. The second kappa shape index (κ2) is 8.69. The Morgan fingerprint density at radius 1 is 1.10 bits per heavy atom. The molecular weight excluding hydrogens is 376 g/mol. The second-order valence-electron chi connectivity index (χ2n) is 7.09. The number of aromatic nitrogens is 2. The molecule has 30 heavy (non-hydrogen) atoms. The van der Waals surface area contributed by atoms with Gasteiger partial charge in [-0.2, -0.15) is 0 Å². The van der Waals surface area contributed by atoms with E-state index in [2.05, 4.69) is 38.5 Å². The number of anilines is 1. The van der Waals surface area contributed by atoms with Gasteiger partial charge in [-0.1, -0.05) is 36.4 Å². The number of carbonyl (C=O) groups excluding carboxylic acids is 1. The number of nitrogens with zero attached hydrogens (tertiary/aromatic N) is 2. The summed E-state index contributed by atoms with van der Waals surface area (Å²) >= 11 is 0. The Labute approximate surface area is 175 Å². The predicted octanol–water partition coefficient (Wildman–Crippen LogP) is 4.54. The van der Waals surface area contributed by atoms with E-state index in [4.69, 9.17) is 4.74 Å². The fourth-order valence-corrected chi connectivity index (χ4v) is 3.75. The first-order chi connectivity index (χ1) is 14.7. The zero-order valence-electron chi connectivity index (χ0n) is 17.0. The molecule has 0 fully saturated rings. The van der Waals surface area contributed by atoms with Crippen LogP contribution in [-0.4, -0.2) is 29.2 Å². The van der Waals surface area contributed by atoms with Crippen molar-refractivity contribution in [1.29, 1.82) is 0 Å². The summed E-state index contributed by atoms with van der Waals surface area (Å²) < 4.78 is 7.42. The smallest absolute Gasteiger partial charge is 0.319 e. The Morgan fingerprint density at radius 2 is 1.90 bits per heavy atom. The first kappa shape index (κ1) is 19.5. The minimum absolute atomic E-state index is 0.0341. The normalized spacial score (nSPS) is 11.8. The molecule has 152 valence electrons. The molecule has 2 aromatic heterocycles. The van der Waals surface area contributed by atoms with Crippen molar-refractivity contribution in [3.63, 3.8) is 0 Å². The summed E-state index contributed by atoms with van der Waals surface area (Å²) in [6.45, 7) is 0.431. The quantitative estimate of drug-likeness (QED) is 0.499. The van der Waals surface area contributed by atoms with Gasteiger partial charge < -0.3 is 19.9 Å². The lowest BCUT2D eigenvalue weighted by molar-refractivity contribution is 0.251. The van der Waals surface area contributed by atoms with Gasteiger partial charge in [-0.15, -0.1) is 0 Å². The molecule has 2 aromatic carbocycles. The lowest BCUT2D eigenvalue weighted by Crippen LogP contribution is -2.32. The van der Waals surface area contributed by atoms with Gasteiger partial charge in [0.25, 0.3) is 0 Å². The summed E-state index contributed by atoms with van der Waals surface area (Å²) in [6.07, 6.45) is 5.74. The molecule has 6 nitrogen and oxygen atoms in total. The zero-order valence-corrected chi connectivity index (χ0v) is 17.0. The van der Waals surface area contributed by atoms with Gasteiger partial charge in [-0.25, -0.2) is 4.79 Å². The molecule has 2 N–H and O–H groups in total. The molecule has 1 atom stereocenters. The highest BCUT2D eigenvalue weighted by molar-refractivity contribution is 5.91. The average Bonchev–Trinajstić information content (AvgIpc) is 3.12. The Bertz CT molecular complexity index is 1150. The first-order valence-electron chi connectivity index (χ1n) is 9.79. The Balaban J connectivity index is 1.59. The van der Waals surface area contributed by atoms with Crippen molar-refractivity contribution in [3.8, 4) is 5.75 Å². The number of urea groups is 1. The van der Waals surface area contributed by atoms with E-state index in [0.29, 0.717) is 18.0 Å². The van der Waals surface area contributed by atoms with Crippen LogP contribution in [0.3, 0.4) is 0 Å². The third kappa shape index (κ3) is 3.98. The summed E-state index contributed by atoms with van der Waals surface area (Å²) in [5.74, 6) is 0.582. The van der Waals surface area contributed by atoms with Crippen molar-refractivity contribution >= 4 is 22.6 Å². The first-order valence-corrected chi connectivity index (χ1v) is 9.79. The molecule has 0 saturated carbocycles. The summed E-state index contributed by atoms with van der Waals surface area (Å²) in [6, 6.07) is 19.3. The van der Waals surface area contributed by atoms with Gasteiger partial charge in [0.05, 0.1) is 12.8 Å². The molecule has 4 aromatic rings. The molecule has 0 radical (unpaired) electrons. The lowest BCUT2D eigenvalue weighted by Gasteiger charge is -2.18. The Morgan fingerprint density at radius 3 is 2.70 bits per heavy atom. The standard InChI is InChI=1S/C24H24N4O2/c1-28-16-20(18-9-3-5-11-22(18)28)19(17-8-7-13-25-14-17)15-26-24(29)27-21-10-4-6-12-23(21)30-2/h3-14,16,19H,15H2,1-2H3,(H2,26,27,29)/t19-/m0/s1. The number of fused-ring (bicyclic) bond motifs is 1. The van der Waals surface area contributed by atoms with Crippen LogP contribution in [0.5, 0.6) is 5.75 Å². The van der Waals surface area contributed by atoms with Crippen molar-refractivity contribution < 1.29 is 9.53 Å². The third-order valence-electron chi connectivity index (χ3n) is 5.21. The summed E-state index contributed by atoms with van der Waals surface area (Å²) in [7, 11) is 3.62. The number of amides is 2. The van der Waals surface area contributed by atoms with Crippen LogP contribution in [0.2, 0.25) is 0 Å². The molecule has 0 aliphatic carbocycles. The Hall–Kier alpha value is -3.80. The van der Waals surface area contributed by atoms with Crippen LogP contribution >= 0.6 is 0 Å². The van der Waals surface area contributed by atoms with Crippen LogP contribution < -0.4 is 15.4 Å². The third-order valence-corrected chi connectivity index (χ3v) is 5.21. The number of nitrogens with one attached hydrogen (secondary N) is 2. The van der Waals surface area contributed by atoms with Gasteiger partial charge in [0, 0.05) is 49.0 Å². The molecule has 6 heteroatoms. The van der Waals surface area contributed by atoms with Gasteiger partial charge >= 0.3 is 6.03 Å². The largest absolute Gasteiger partial charge is 0.495 e. The topological polar surface area (TPSA) is 68.2 Å². The minimum Gasteiger partial charge on any atom is -0.495 e. The molecule has 0 bridgehead atoms. The van der Waals surface area contributed by atoms with E-state index in [1.165, 1.54) is 5.39 Å². The van der Waals surface area contributed by atoms with E-state index in [1.54, 1.807) is 13.3 Å². The van der Waals surface area contributed by atoms with Crippen molar-refractivity contribution in [1.82, 2.24) is 14.9 Å². The van der Waals surface area contributed by atoms with E-state index in [1.807, 2.05) is 61.8 Å². The fourth-order valence-electron chi connectivity index (χ4n) is 3.75. The van der Waals surface area contributed by atoms with Crippen molar-refractivity contribution in [2.24, 2.45) is 7.05 Å². The maximum absolute atomic E-state index is 12.6. The zero-order chi connectivity index (χ0) is 20.9. The number of aryl methyl sites for hydroxylation is 1. The number of methoxy groups -OCH3 is 1. The number of carbonyl (C=O) groups is 1. The van der Waals surface area contributed by atoms with Gasteiger partial charge in [-0.3, -0.25) is 4.98 Å². The Kier molecular flexibility index (Phi) is 5.66. The summed E-state index contributed by atoms with van der Waals surface area (Å²) in [5, 5.41) is 7.04. The lowest BCUT2D eigenvalue weighted by atomic mass is 9.92. The monoisotopic (exact) mass is 400 g/mol. The van der Waals surface area contributed by atoms with E-state index in [-0.39, 0.29) is 11.9 Å². The van der Waals surface area contributed by atoms with Gasteiger partial charge in [-0.05, 0) is 35.4 Å². The fraction of sp³-hybridized carbons (Fsp3) is 0.167. The molecule has 0 aliphatic rings. The van der Waals surface area contributed by atoms with Crippen LogP contribution in [-0.2, 0) is 7.05 Å². The summed E-state index contributed by atoms with van der Waals surface area (Å²) in [5.41, 5.74) is 3.98. The molecular formula is C24H24N4O2. The summed E-state index contributed by atoms with van der Waals surface area (Å²) in [4.78, 5) is 16.9. The van der Waals surface area contributed by atoms with Crippen LogP contribution in [0.4, 0.5) is 10.5 Å². The van der Waals surface area contributed by atoms with E-state index >= 15 is 0 Å². The number of hydrogen-bond donors (Lipinski definition) is 2. The molecule has 2 heterocycles. The second-order valence-corrected chi connectivity index (χ2v) is 7.09. The number of para-hydroxylation sites is 3. The van der Waals surface area contributed by atoms with Crippen molar-refractivity contribution in [2.75, 3.05) is 19.0 Å². The van der Waals surface area contributed by atoms with E-state index in [0.717, 1.165) is 16.6 Å². The van der Waals surface area contributed by atoms with Crippen LogP contribution in [0, 0.1) is 0 Å². The molecule has 0 saturated heterocycles. The minimum atomic E-state index is -0.284. The highest BCUT2D eigenvalue weighted by Gasteiger charge is 2.20. The van der Waals surface area contributed by atoms with E-state index < -0.39 is 0 Å².